The molecule has 0 bridgehead atoms. The summed E-state index contributed by atoms with van der Waals surface area (Å²) in [4.78, 5) is 0. The summed E-state index contributed by atoms with van der Waals surface area (Å²) in [6, 6.07) is 9.97. The molecule has 0 unspecified atom stereocenters. The lowest BCUT2D eigenvalue weighted by atomic mass is 10.1. The van der Waals surface area contributed by atoms with E-state index in [1.54, 1.807) is 0 Å². The predicted molar refractivity (Wildman–Crippen MR) is 93.8 cm³/mol. The van der Waals surface area contributed by atoms with Gasteiger partial charge < -0.3 is 4.12 Å². The number of rotatable bonds is 7. The zero-order chi connectivity index (χ0) is 14.5. The molecule has 0 radical (unpaired) electrons. The average molecular weight is 359 g/mol. The Morgan fingerprint density at radius 2 is 1.53 bits per heavy atom. The zero-order valence-corrected chi connectivity index (χ0v) is 16.5. The van der Waals surface area contributed by atoms with E-state index in [4.69, 9.17) is 4.12 Å². The second-order valence-electron chi connectivity index (χ2n) is 6.81. The summed E-state index contributed by atoms with van der Waals surface area (Å²) in [7, 11) is -2.80. The van der Waals surface area contributed by atoms with Crippen LogP contribution in [0, 0.1) is 0 Å². The third kappa shape index (κ3) is 8.07. The van der Waals surface area contributed by atoms with Crippen molar-refractivity contribution < 1.29 is 4.12 Å². The van der Waals surface area contributed by atoms with Crippen LogP contribution in [0.3, 0.4) is 0 Å². The smallest absolute Gasteiger partial charge is 0.173 e. The number of hydrogen-bond acceptors (Lipinski definition) is 1. The Labute approximate surface area is 129 Å². The van der Waals surface area contributed by atoms with Crippen molar-refractivity contribution in [3.8, 4) is 0 Å². The molecule has 0 saturated carbocycles. The van der Waals surface area contributed by atoms with E-state index in [9.17, 15) is 0 Å². The van der Waals surface area contributed by atoms with Crippen molar-refractivity contribution in [1.29, 1.82) is 0 Å². The van der Waals surface area contributed by atoms with E-state index in [-0.39, 0.29) is 0 Å². The van der Waals surface area contributed by atoms with Gasteiger partial charge in [0, 0.05) is 4.47 Å². The minimum atomic E-state index is -1.43. The molecule has 1 rings (SSSR count). The lowest BCUT2D eigenvalue weighted by Crippen LogP contribution is -2.42. The second-order valence-corrected chi connectivity index (χ2v) is 16.8. The summed E-state index contributed by atoms with van der Waals surface area (Å²) in [5.41, 5.74) is 1.44. The van der Waals surface area contributed by atoms with Crippen LogP contribution in [0.4, 0.5) is 0 Å². The molecule has 108 valence electrons. The van der Waals surface area contributed by atoms with Crippen molar-refractivity contribution >= 4 is 32.6 Å². The molecule has 0 N–H and O–H groups in total. The Bertz CT molecular complexity index is 382. The number of halogens is 1. The average Bonchev–Trinajstić information content (AvgIpc) is 2.23. The minimum absolute atomic E-state index is 1.16. The van der Waals surface area contributed by atoms with Crippen LogP contribution in [0.25, 0.3) is 0 Å². The van der Waals surface area contributed by atoms with Crippen molar-refractivity contribution in [2.45, 2.75) is 58.0 Å². The highest BCUT2D eigenvalue weighted by atomic mass is 79.9. The third-order valence-electron chi connectivity index (χ3n) is 2.99. The topological polar surface area (TPSA) is 9.23 Å². The fourth-order valence-corrected chi connectivity index (χ4v) is 10.8. The van der Waals surface area contributed by atoms with Gasteiger partial charge in [-0.1, -0.05) is 34.5 Å². The van der Waals surface area contributed by atoms with Crippen LogP contribution in [0.1, 0.15) is 18.4 Å². The number of hydrogen-bond donors (Lipinski definition) is 0. The quantitative estimate of drug-likeness (QED) is 0.440. The van der Waals surface area contributed by atoms with Crippen LogP contribution in [-0.4, -0.2) is 16.6 Å². The summed E-state index contributed by atoms with van der Waals surface area (Å²) in [6.07, 6.45) is 3.75. The fraction of sp³-hybridized carbons (Fsp3) is 0.600. The maximum atomic E-state index is 6.36. The molecule has 0 atom stereocenters. The molecule has 1 aromatic carbocycles. The summed E-state index contributed by atoms with van der Waals surface area (Å²) < 4.78 is 7.53. The van der Waals surface area contributed by atoms with E-state index in [1.165, 1.54) is 30.9 Å². The molecule has 4 heteroatoms. The van der Waals surface area contributed by atoms with Gasteiger partial charge in [-0.25, -0.2) is 0 Å². The lowest BCUT2D eigenvalue weighted by Gasteiger charge is -2.31. The first-order chi connectivity index (χ1) is 8.68. The van der Waals surface area contributed by atoms with E-state index >= 15 is 0 Å². The molecule has 0 saturated heterocycles. The highest BCUT2D eigenvalue weighted by Gasteiger charge is 2.28. The van der Waals surface area contributed by atoms with Gasteiger partial charge in [0.05, 0.1) is 0 Å². The molecule has 1 nitrogen and oxygen atoms in total. The van der Waals surface area contributed by atoms with Crippen LogP contribution in [-0.2, 0) is 10.5 Å². The molecule has 0 aromatic heterocycles. The van der Waals surface area contributed by atoms with Gasteiger partial charge >= 0.3 is 0 Å². The summed E-state index contributed by atoms with van der Waals surface area (Å²) in [5.74, 6) is 0. The molecule has 0 aliphatic rings. The zero-order valence-electron chi connectivity index (χ0n) is 12.9. The van der Waals surface area contributed by atoms with Crippen LogP contribution >= 0.6 is 15.9 Å². The lowest BCUT2D eigenvalue weighted by molar-refractivity contribution is 0.541. The number of unbranched alkanes of at least 4 members (excludes halogenated alkanes) is 1. The highest BCUT2D eigenvalue weighted by Crippen LogP contribution is 2.21. The molecule has 0 aliphatic heterocycles. The Morgan fingerprint density at radius 1 is 0.947 bits per heavy atom. The van der Waals surface area contributed by atoms with Crippen LogP contribution in [0.15, 0.2) is 28.7 Å². The van der Waals surface area contributed by atoms with Crippen LogP contribution in [0.5, 0.6) is 0 Å². The first-order valence-electron chi connectivity index (χ1n) is 7.13. The standard InChI is InChI=1S/C15H27BrOSi2/c1-18(2,3)17-19(4,5)13-7-6-8-14-9-11-15(16)12-10-14/h9-12H,6-8,13H2,1-5H3. The van der Waals surface area contributed by atoms with E-state index in [2.05, 4.69) is 72.9 Å². The molecule has 0 fully saturated rings. The first-order valence-corrected chi connectivity index (χ1v) is 14.4. The van der Waals surface area contributed by atoms with Crippen molar-refractivity contribution in [1.82, 2.24) is 0 Å². The normalized spacial score (nSPS) is 12.7. The minimum Gasteiger partial charge on any atom is -0.456 e. The Morgan fingerprint density at radius 3 is 2.05 bits per heavy atom. The molecule has 1 aromatic rings. The molecular formula is C15H27BrOSi2. The van der Waals surface area contributed by atoms with Crippen molar-refractivity contribution in [2.24, 2.45) is 0 Å². The molecule has 0 heterocycles. The van der Waals surface area contributed by atoms with Gasteiger partial charge in [0.1, 0.15) is 0 Å². The molecule has 0 aliphatic carbocycles. The van der Waals surface area contributed by atoms with Crippen molar-refractivity contribution in [2.75, 3.05) is 0 Å². The molecule has 0 amide bonds. The maximum Gasteiger partial charge on any atom is 0.173 e. The number of aryl methyl sites for hydroxylation is 1. The Balaban J connectivity index is 2.28. The summed E-state index contributed by atoms with van der Waals surface area (Å²) in [6.45, 7) is 11.6. The van der Waals surface area contributed by atoms with E-state index in [1.807, 2.05) is 0 Å². The molecule has 19 heavy (non-hydrogen) atoms. The maximum absolute atomic E-state index is 6.36. The SMILES string of the molecule is C[Si](C)(C)O[Si](C)(C)CCCCc1ccc(Br)cc1. The van der Waals surface area contributed by atoms with E-state index in [0.29, 0.717) is 0 Å². The third-order valence-corrected chi connectivity index (χ3v) is 9.74. The van der Waals surface area contributed by atoms with Gasteiger partial charge in [-0.2, -0.15) is 0 Å². The summed E-state index contributed by atoms with van der Waals surface area (Å²) >= 11 is 3.47. The van der Waals surface area contributed by atoms with Crippen LogP contribution in [0.2, 0.25) is 38.8 Å². The van der Waals surface area contributed by atoms with Crippen molar-refractivity contribution in [3.63, 3.8) is 0 Å². The highest BCUT2D eigenvalue weighted by molar-refractivity contribution is 9.10. The predicted octanol–water partition coefficient (Wildman–Crippen LogP) is 5.83. The van der Waals surface area contributed by atoms with Gasteiger partial charge in [-0.3, -0.25) is 0 Å². The van der Waals surface area contributed by atoms with Gasteiger partial charge in [0.25, 0.3) is 0 Å². The van der Waals surface area contributed by atoms with Crippen molar-refractivity contribution in [3.05, 3.63) is 34.3 Å². The Hall–Kier alpha value is 0.0938. The van der Waals surface area contributed by atoms with Gasteiger partial charge in [-0.05, 0) is 69.3 Å². The first kappa shape index (κ1) is 17.1. The van der Waals surface area contributed by atoms with E-state index < -0.39 is 16.6 Å². The van der Waals surface area contributed by atoms with Gasteiger partial charge in [0.2, 0.25) is 0 Å². The van der Waals surface area contributed by atoms with Gasteiger partial charge in [0.15, 0.2) is 16.6 Å². The Kier molecular flexibility index (Phi) is 6.50. The van der Waals surface area contributed by atoms with Gasteiger partial charge in [-0.15, -0.1) is 0 Å². The second kappa shape index (κ2) is 7.20. The largest absolute Gasteiger partial charge is 0.456 e. The monoisotopic (exact) mass is 358 g/mol. The van der Waals surface area contributed by atoms with E-state index in [0.717, 1.165) is 4.47 Å². The molecular weight excluding hydrogens is 332 g/mol. The molecule has 0 spiro atoms. The summed E-state index contributed by atoms with van der Waals surface area (Å²) in [5, 5.41) is 0. The fourth-order valence-electron chi connectivity index (χ4n) is 2.41. The number of benzene rings is 1. The van der Waals surface area contributed by atoms with Crippen LogP contribution < -0.4 is 0 Å².